The molecular formula is C30H25ClF5N3O4. The van der Waals surface area contributed by atoms with Gasteiger partial charge in [-0.3, -0.25) is 4.90 Å². The van der Waals surface area contributed by atoms with Gasteiger partial charge in [0, 0.05) is 36.3 Å². The van der Waals surface area contributed by atoms with Gasteiger partial charge < -0.3 is 19.1 Å². The van der Waals surface area contributed by atoms with Crippen molar-refractivity contribution < 1.29 is 41.3 Å². The van der Waals surface area contributed by atoms with Crippen molar-refractivity contribution in [2.45, 2.75) is 51.4 Å². The number of imidazole rings is 1. The minimum absolute atomic E-state index is 0.0636. The summed E-state index contributed by atoms with van der Waals surface area (Å²) < 4.78 is 83.5. The van der Waals surface area contributed by atoms with E-state index in [-0.39, 0.29) is 29.8 Å². The molecule has 6 rings (SSSR count). The first-order valence-electron chi connectivity index (χ1n) is 13.5. The van der Waals surface area contributed by atoms with Gasteiger partial charge in [0.15, 0.2) is 0 Å². The van der Waals surface area contributed by atoms with E-state index < -0.39 is 47.3 Å². The molecule has 1 fully saturated rings. The molecule has 0 bridgehead atoms. The minimum Gasteiger partial charge on any atom is -0.488 e. The van der Waals surface area contributed by atoms with Crippen molar-refractivity contribution in [3.8, 4) is 5.75 Å². The number of carboxylic acids is 1. The molecule has 7 nitrogen and oxygen atoms in total. The molecule has 3 heterocycles. The second-order valence-corrected chi connectivity index (χ2v) is 11.1. The van der Waals surface area contributed by atoms with E-state index in [9.17, 15) is 31.9 Å². The fraction of sp³-hybridized carbons (Fsp3) is 0.333. The summed E-state index contributed by atoms with van der Waals surface area (Å²) in [7, 11) is 0. The number of rotatable bonds is 8. The highest BCUT2D eigenvalue weighted by molar-refractivity contribution is 6.30. The number of ether oxygens (including phenoxy) is 2. The average Bonchev–Trinajstić information content (AvgIpc) is 3.23. The maximum Gasteiger partial charge on any atom is 0.419 e. The minimum atomic E-state index is -4.68. The van der Waals surface area contributed by atoms with Crippen molar-refractivity contribution in [3.63, 3.8) is 0 Å². The molecule has 2 aliphatic heterocycles. The number of benzene rings is 3. The highest BCUT2D eigenvalue weighted by Crippen LogP contribution is 2.40. The zero-order chi connectivity index (χ0) is 30.5. The Morgan fingerprint density at radius 1 is 1.12 bits per heavy atom. The van der Waals surface area contributed by atoms with Crippen molar-refractivity contribution in [3.05, 3.63) is 92.8 Å². The van der Waals surface area contributed by atoms with E-state index in [1.54, 1.807) is 0 Å². The molecule has 0 radical (unpaired) electrons. The van der Waals surface area contributed by atoms with Crippen molar-refractivity contribution >= 4 is 28.6 Å². The van der Waals surface area contributed by atoms with Crippen LogP contribution < -0.4 is 4.74 Å². The average molecular weight is 622 g/mol. The van der Waals surface area contributed by atoms with Gasteiger partial charge in [0.2, 0.25) is 0 Å². The molecule has 4 aromatic rings. The molecule has 1 aromatic heterocycles. The predicted octanol–water partition coefficient (Wildman–Crippen LogP) is 6.61. The van der Waals surface area contributed by atoms with Crippen LogP contribution in [0.15, 0.2) is 42.5 Å². The van der Waals surface area contributed by atoms with Crippen molar-refractivity contribution in [1.29, 1.82) is 0 Å². The van der Waals surface area contributed by atoms with Gasteiger partial charge in [-0.25, -0.2) is 18.6 Å². The summed E-state index contributed by atoms with van der Waals surface area (Å²) in [6, 6.07) is 8.64. The van der Waals surface area contributed by atoms with E-state index in [1.807, 2.05) is 9.47 Å². The molecule has 43 heavy (non-hydrogen) atoms. The summed E-state index contributed by atoms with van der Waals surface area (Å²) in [5.41, 5.74) is 0.568. The second kappa shape index (κ2) is 11.4. The van der Waals surface area contributed by atoms with Gasteiger partial charge in [0.25, 0.3) is 0 Å². The number of carboxylic acid groups (broad SMARTS) is 1. The Hall–Kier alpha value is -3.74. The first-order chi connectivity index (χ1) is 20.5. The Morgan fingerprint density at radius 3 is 2.58 bits per heavy atom. The van der Waals surface area contributed by atoms with Crippen LogP contribution in [0.25, 0.3) is 11.0 Å². The van der Waals surface area contributed by atoms with Crippen LogP contribution in [0, 0.1) is 11.6 Å². The SMILES string of the molecule is O=C(O)c1cc2c(cc1F)nc(CN1CCc3cc(C(F)(F)F)c(OCc4ccc(Cl)cc4F)cc3C1)n2C[C@@H]1CCO1. The fourth-order valence-electron chi connectivity index (χ4n) is 5.43. The third-order valence-electron chi connectivity index (χ3n) is 7.79. The Morgan fingerprint density at radius 2 is 1.91 bits per heavy atom. The molecule has 0 amide bonds. The third-order valence-corrected chi connectivity index (χ3v) is 8.02. The number of aromatic carboxylic acids is 1. The molecule has 0 aliphatic carbocycles. The van der Waals surface area contributed by atoms with Gasteiger partial charge >= 0.3 is 12.1 Å². The lowest BCUT2D eigenvalue weighted by Gasteiger charge is -2.31. The zero-order valence-electron chi connectivity index (χ0n) is 22.6. The van der Waals surface area contributed by atoms with Gasteiger partial charge in [-0.1, -0.05) is 17.7 Å². The number of hydrogen-bond acceptors (Lipinski definition) is 5. The molecule has 0 unspecified atom stereocenters. The first-order valence-corrected chi connectivity index (χ1v) is 13.9. The van der Waals surface area contributed by atoms with E-state index in [4.69, 9.17) is 21.1 Å². The largest absolute Gasteiger partial charge is 0.488 e. The predicted molar refractivity (Wildman–Crippen MR) is 146 cm³/mol. The molecule has 2 aliphatic rings. The maximum absolute atomic E-state index is 14.5. The first kappa shape index (κ1) is 29.3. The van der Waals surface area contributed by atoms with Crippen LogP contribution in [0.4, 0.5) is 22.0 Å². The van der Waals surface area contributed by atoms with Crippen molar-refractivity contribution in [1.82, 2.24) is 14.5 Å². The molecule has 1 N–H and O–H groups in total. The number of alkyl halides is 3. The lowest BCUT2D eigenvalue weighted by atomic mass is 9.96. The van der Waals surface area contributed by atoms with Crippen LogP contribution in [-0.4, -0.2) is 44.8 Å². The monoisotopic (exact) mass is 621 g/mol. The summed E-state index contributed by atoms with van der Waals surface area (Å²) in [6.45, 7) is 1.57. The van der Waals surface area contributed by atoms with E-state index >= 15 is 0 Å². The lowest BCUT2D eigenvalue weighted by Crippen LogP contribution is -2.34. The number of hydrogen-bond donors (Lipinski definition) is 1. The summed E-state index contributed by atoms with van der Waals surface area (Å²) >= 11 is 5.78. The second-order valence-electron chi connectivity index (χ2n) is 10.6. The number of nitrogens with zero attached hydrogens (tertiary/aromatic N) is 3. The molecule has 0 spiro atoms. The molecule has 226 valence electrons. The third kappa shape index (κ3) is 6.04. The lowest BCUT2D eigenvalue weighted by molar-refractivity contribution is -0.139. The van der Waals surface area contributed by atoms with Gasteiger partial charge in [0.05, 0.1) is 41.4 Å². The summed E-state index contributed by atoms with van der Waals surface area (Å²) in [5.74, 6) is -2.83. The molecule has 1 saturated heterocycles. The summed E-state index contributed by atoms with van der Waals surface area (Å²) in [6.07, 6.45) is -3.64. The van der Waals surface area contributed by atoms with Crippen LogP contribution in [0.1, 0.15) is 44.9 Å². The van der Waals surface area contributed by atoms with Gasteiger partial charge in [-0.05, 0) is 54.3 Å². The van der Waals surface area contributed by atoms with Crippen LogP contribution in [0.2, 0.25) is 5.02 Å². The normalized spacial score (nSPS) is 17.1. The van der Waals surface area contributed by atoms with Crippen LogP contribution in [0.3, 0.4) is 0 Å². The Kier molecular flexibility index (Phi) is 7.78. The molecule has 3 aromatic carbocycles. The summed E-state index contributed by atoms with van der Waals surface area (Å²) in [4.78, 5) is 18.2. The Balaban J connectivity index is 1.28. The van der Waals surface area contributed by atoms with Gasteiger partial charge in [-0.2, -0.15) is 13.2 Å². The smallest absolute Gasteiger partial charge is 0.419 e. The fourth-order valence-corrected chi connectivity index (χ4v) is 5.59. The van der Waals surface area contributed by atoms with Gasteiger partial charge in [-0.15, -0.1) is 0 Å². The van der Waals surface area contributed by atoms with Crippen LogP contribution in [-0.2, 0) is 43.6 Å². The number of halogens is 6. The Labute approximate surface area is 247 Å². The summed E-state index contributed by atoms with van der Waals surface area (Å²) in [5, 5.41) is 9.59. The number of carbonyl (C=O) groups is 1. The molecule has 0 saturated carbocycles. The maximum atomic E-state index is 14.5. The van der Waals surface area contributed by atoms with Crippen molar-refractivity contribution in [2.24, 2.45) is 0 Å². The topological polar surface area (TPSA) is 76.8 Å². The standard InChI is InChI=1S/C30H25ClF5N3O4/c31-19-2-1-17(23(32)9-19)15-43-27-8-18-12-38(5-3-16(18)7-22(27)30(34,35)36)14-28-37-25-11-24(33)21(29(40)41)10-26(25)39(28)13-20-4-6-42-20/h1-2,7-11,20H,3-6,12-15H2,(H,40,41)/t20-/m0/s1. The van der Waals surface area contributed by atoms with Gasteiger partial charge in [0.1, 0.15) is 29.8 Å². The quantitative estimate of drug-likeness (QED) is 0.223. The molecule has 1 atom stereocenters. The number of fused-ring (bicyclic) bond motifs is 2. The highest BCUT2D eigenvalue weighted by atomic mass is 35.5. The van der Waals surface area contributed by atoms with Crippen molar-refractivity contribution in [2.75, 3.05) is 13.2 Å². The Bertz CT molecular complexity index is 1720. The molecule has 13 heteroatoms. The van der Waals surface area contributed by atoms with E-state index in [0.29, 0.717) is 54.1 Å². The van der Waals surface area contributed by atoms with Crippen LogP contribution in [0.5, 0.6) is 5.75 Å². The van der Waals surface area contributed by atoms with Crippen LogP contribution >= 0.6 is 11.6 Å². The number of aromatic nitrogens is 2. The van der Waals surface area contributed by atoms with E-state index in [1.165, 1.54) is 24.3 Å². The highest BCUT2D eigenvalue weighted by Gasteiger charge is 2.36. The van der Waals surface area contributed by atoms with E-state index in [2.05, 4.69) is 4.98 Å². The zero-order valence-corrected chi connectivity index (χ0v) is 23.3. The molecular weight excluding hydrogens is 597 g/mol. The van der Waals surface area contributed by atoms with E-state index in [0.717, 1.165) is 24.6 Å².